The number of likely N-dealkylation sites (tertiary alicyclic amines) is 1. The van der Waals surface area contributed by atoms with Gasteiger partial charge in [0, 0.05) is 116 Å². The maximum Gasteiger partial charge on any atom is 0.317 e. The molecule has 0 unspecified atom stereocenters. The molecule has 4 heterocycles. The minimum Gasteiger partial charge on any atom is -0.494 e. The number of halogens is 2. The molecule has 3 aromatic rings. The van der Waals surface area contributed by atoms with Gasteiger partial charge in [0.1, 0.15) is 23.9 Å². The highest BCUT2D eigenvalue weighted by Gasteiger charge is 2.47. The predicted molar refractivity (Wildman–Crippen MR) is 328 cm³/mol. The number of ether oxygens (including phenoxy) is 2. The van der Waals surface area contributed by atoms with Crippen molar-refractivity contribution >= 4 is 70.2 Å². The van der Waals surface area contributed by atoms with Crippen molar-refractivity contribution in [1.82, 2.24) is 60.6 Å². The number of amides is 6. The molecule has 30 heteroatoms. The van der Waals surface area contributed by atoms with Crippen molar-refractivity contribution in [1.29, 1.82) is 5.26 Å². The number of aryl methyl sites for hydroxylation is 2. The number of pyridine rings is 1. The maximum absolute atomic E-state index is 14.5. The number of carbonyl (C=O) groups excluding carboxylic acids is 7. The molecule has 0 aliphatic carbocycles. The zero-order valence-electron chi connectivity index (χ0n) is 52.2. The van der Waals surface area contributed by atoms with Gasteiger partial charge in [0.2, 0.25) is 29.5 Å². The van der Waals surface area contributed by atoms with E-state index in [-0.39, 0.29) is 123 Å². The van der Waals surface area contributed by atoms with Gasteiger partial charge < -0.3 is 55.9 Å². The number of fused-ring (bicyclic) bond motifs is 1. The molecule has 0 saturated carbocycles. The number of hydrogen-bond acceptors (Lipinski definition) is 19. The Balaban J connectivity index is 1.05. The molecule has 0 bridgehead atoms. The van der Waals surface area contributed by atoms with Crippen LogP contribution in [0.1, 0.15) is 72.9 Å². The van der Waals surface area contributed by atoms with Crippen molar-refractivity contribution in [3.63, 3.8) is 0 Å². The number of unbranched alkanes of at least 4 members (excludes halogenated alkanes) is 1. The van der Waals surface area contributed by atoms with Crippen molar-refractivity contribution in [3.05, 3.63) is 71.4 Å². The van der Waals surface area contributed by atoms with Crippen LogP contribution in [0.15, 0.2) is 54.7 Å². The van der Waals surface area contributed by atoms with Crippen LogP contribution in [0.3, 0.4) is 0 Å². The fraction of sp³-hybridized carbons (Fsp3) is 0.581. The first-order valence-corrected chi connectivity index (χ1v) is 30.9. The van der Waals surface area contributed by atoms with Gasteiger partial charge in [-0.3, -0.25) is 77.4 Å². The predicted octanol–water partition coefficient (Wildman–Crippen LogP) is 0.263. The Morgan fingerprint density at radius 2 is 1.30 bits per heavy atom. The summed E-state index contributed by atoms with van der Waals surface area (Å²) in [5.41, 5.74) is 2.87. The third kappa shape index (κ3) is 24.6. The smallest absolute Gasteiger partial charge is 0.317 e. The summed E-state index contributed by atoms with van der Waals surface area (Å²) in [6.07, 6.45) is 3.10. The van der Waals surface area contributed by atoms with Crippen LogP contribution in [-0.4, -0.2) is 283 Å². The van der Waals surface area contributed by atoms with E-state index in [1.165, 1.54) is 17.2 Å². The van der Waals surface area contributed by atoms with Gasteiger partial charge in [-0.05, 0) is 75.3 Å². The molecule has 3 saturated heterocycles. The van der Waals surface area contributed by atoms with E-state index in [1.54, 1.807) is 43.9 Å². The summed E-state index contributed by atoms with van der Waals surface area (Å²) < 4.78 is 38.9. The number of carbonyl (C=O) groups is 10. The van der Waals surface area contributed by atoms with Crippen LogP contribution in [-0.2, 0) is 54.3 Å². The van der Waals surface area contributed by atoms with Crippen LogP contribution in [0.25, 0.3) is 10.9 Å². The lowest BCUT2D eigenvalue weighted by molar-refractivity contribution is -0.147. The second-order valence-electron chi connectivity index (χ2n) is 23.2. The zero-order valence-corrected chi connectivity index (χ0v) is 52.2. The van der Waals surface area contributed by atoms with Crippen LogP contribution < -0.4 is 26.0 Å². The summed E-state index contributed by atoms with van der Waals surface area (Å²) >= 11 is 0. The summed E-state index contributed by atoms with van der Waals surface area (Å²) in [7, 11) is 1.15. The molecule has 3 aliphatic rings. The molecule has 0 radical (unpaired) electrons. The second kappa shape index (κ2) is 36.5. The van der Waals surface area contributed by atoms with Gasteiger partial charge >= 0.3 is 23.9 Å². The number of nitrogens with zero attached hydrogens (tertiary/aromatic N) is 9. The summed E-state index contributed by atoms with van der Waals surface area (Å²) in [6.45, 7) is 2.66. The third-order valence-corrected chi connectivity index (χ3v) is 16.1. The van der Waals surface area contributed by atoms with Gasteiger partial charge in [-0.2, -0.15) is 5.26 Å². The molecule has 3 fully saturated rings. The van der Waals surface area contributed by atoms with Crippen LogP contribution in [0.5, 0.6) is 5.75 Å². The Morgan fingerprint density at radius 1 is 0.707 bits per heavy atom. The lowest BCUT2D eigenvalue weighted by atomic mass is 10.1. The van der Waals surface area contributed by atoms with Crippen LogP contribution in [0.4, 0.5) is 8.78 Å². The molecule has 3 atom stereocenters. The quantitative estimate of drug-likeness (QED) is 0.0336. The Bertz CT molecular complexity index is 3040. The standard InChI is InChI=1S/C62H85F2N13O15/c1-43-10-12-44(13-11-43)7-5-9-52(78)67-17-4-3-8-50(69-53(79)38-72-20-22-73(39-55(81)82)24-26-75(41-57(85)86)27-25-74(23-21-72)40-56(83)84)60(89)70-51(34-58(87)91-2)61(90)76-30-28-71(29-31-76)19-6-32-92-46-14-15-49-48(33-46)47(16-18-66-49)59(88)68-37-54(80)77-42-62(63,64)35-45(77)36-65/h10-16,18,33,45,50-51H,3-9,17,19-32,34-35,37-42H2,1-2H3,(H,67,78)(H,68,88)(H,69,79)(H,70,89)(H,81,82)(H,83,84)(H,85,86)/t45-,50+,51+/m1/s1. The zero-order chi connectivity index (χ0) is 66.7. The fourth-order valence-electron chi connectivity index (χ4n) is 11.1. The highest BCUT2D eigenvalue weighted by Crippen LogP contribution is 2.32. The fourth-order valence-corrected chi connectivity index (χ4v) is 11.1. The van der Waals surface area contributed by atoms with Crippen molar-refractivity contribution in [3.8, 4) is 11.8 Å². The number of piperazine rings is 1. The average molecular weight is 1290 g/mol. The lowest BCUT2D eigenvalue weighted by Crippen LogP contribution is -2.58. The van der Waals surface area contributed by atoms with Gasteiger partial charge in [0.25, 0.3) is 11.8 Å². The molecule has 2 aromatic carbocycles. The molecular weight excluding hydrogens is 1200 g/mol. The molecule has 28 nitrogen and oxygen atoms in total. The number of alkyl halides is 2. The molecule has 6 amide bonds. The number of esters is 1. The maximum atomic E-state index is 14.5. The number of aromatic nitrogens is 1. The van der Waals surface area contributed by atoms with Gasteiger partial charge in [-0.25, -0.2) is 8.78 Å². The number of aliphatic carboxylic acids is 3. The number of benzene rings is 2. The first-order chi connectivity index (χ1) is 44.0. The monoisotopic (exact) mass is 1290 g/mol. The Kier molecular flexibility index (Phi) is 28.8. The summed E-state index contributed by atoms with van der Waals surface area (Å²) in [6, 6.07) is 12.2. The van der Waals surface area contributed by atoms with E-state index in [0.29, 0.717) is 68.4 Å². The number of hydrogen-bond donors (Lipinski definition) is 7. The minimum absolute atomic E-state index is 0.0491. The number of nitrogens with one attached hydrogen (secondary N) is 4. The number of rotatable bonds is 31. The molecule has 7 N–H and O–H groups in total. The van der Waals surface area contributed by atoms with E-state index >= 15 is 0 Å². The first-order valence-electron chi connectivity index (χ1n) is 30.9. The highest BCUT2D eigenvalue weighted by atomic mass is 19.3. The molecule has 92 heavy (non-hydrogen) atoms. The lowest BCUT2D eigenvalue weighted by Gasteiger charge is -2.36. The van der Waals surface area contributed by atoms with Crippen molar-refractivity contribution in [2.24, 2.45) is 0 Å². The normalized spacial score (nSPS) is 17.8. The summed E-state index contributed by atoms with van der Waals surface area (Å²) in [5.74, 6) is -10.5. The van der Waals surface area contributed by atoms with Gasteiger partial charge in [-0.15, -0.1) is 0 Å². The van der Waals surface area contributed by atoms with Gasteiger partial charge in [-0.1, -0.05) is 29.8 Å². The van der Waals surface area contributed by atoms with E-state index in [0.717, 1.165) is 29.6 Å². The molecular formula is C62H85F2N13O15. The Labute approximate surface area is 532 Å². The topological polar surface area (TPSA) is 357 Å². The number of carboxylic acids is 3. The largest absolute Gasteiger partial charge is 0.494 e. The van der Waals surface area contributed by atoms with E-state index in [1.807, 2.05) is 31.2 Å². The minimum atomic E-state index is -3.21. The highest BCUT2D eigenvalue weighted by molar-refractivity contribution is 6.07. The summed E-state index contributed by atoms with van der Waals surface area (Å²) in [5, 5.41) is 49.6. The Hall–Kier alpha value is -8.50. The van der Waals surface area contributed by atoms with E-state index < -0.39 is 103 Å². The van der Waals surface area contributed by atoms with Crippen molar-refractivity contribution in [2.75, 3.05) is 145 Å². The molecule has 0 spiro atoms. The summed E-state index contributed by atoms with van der Waals surface area (Å²) in [4.78, 5) is 145. The SMILES string of the molecule is COC(=O)C[C@H](NC(=O)[C@H](CCCCNC(=O)CCCc1ccc(C)cc1)NC(=O)CN1CCN(CC(=O)O)CCN(CC(=O)O)CCN(CC(=O)O)CC1)C(=O)N1CCN(CCCOc2ccc3nccc(C(=O)NCC(=O)N4CC(F)(F)C[C@@H]4C#N)c3c2)CC1. The van der Waals surface area contributed by atoms with E-state index in [9.17, 15) is 77.3 Å². The molecule has 502 valence electrons. The van der Waals surface area contributed by atoms with Gasteiger partial charge in [0.05, 0.1) is 76.6 Å². The second-order valence-corrected chi connectivity index (χ2v) is 23.2. The van der Waals surface area contributed by atoms with E-state index in [2.05, 4.69) is 31.2 Å². The van der Waals surface area contributed by atoms with Gasteiger partial charge in [0.15, 0.2) is 0 Å². The van der Waals surface area contributed by atoms with E-state index in [4.69, 9.17) is 9.47 Å². The third-order valence-electron chi connectivity index (χ3n) is 16.1. The number of carboxylic acid groups (broad SMARTS) is 3. The molecule has 3 aliphatic heterocycles. The average Bonchev–Trinajstić information content (AvgIpc) is 1.16. The first kappa shape index (κ1) is 72.6. The Morgan fingerprint density at radius 3 is 1.89 bits per heavy atom. The van der Waals surface area contributed by atoms with Crippen molar-refractivity contribution in [2.45, 2.75) is 88.8 Å². The van der Waals surface area contributed by atoms with Crippen LogP contribution in [0, 0.1) is 18.3 Å². The van der Waals surface area contributed by atoms with Crippen LogP contribution in [0.2, 0.25) is 0 Å². The number of nitriles is 1. The van der Waals surface area contributed by atoms with Crippen molar-refractivity contribution < 1.29 is 81.5 Å². The van der Waals surface area contributed by atoms with Crippen LogP contribution >= 0.6 is 0 Å². The molecule has 1 aromatic heterocycles. The number of methoxy groups -OCH3 is 1. The molecule has 6 rings (SSSR count).